The monoisotopic (exact) mass is 249 g/mol. The minimum atomic E-state index is -4.74. The Kier molecular flexibility index (Phi) is 5.15. The molecule has 0 amide bonds. The van der Waals surface area contributed by atoms with Gasteiger partial charge in [-0.25, -0.2) is 0 Å². The number of hydrogen-bond donors (Lipinski definition) is 0. The van der Waals surface area contributed by atoms with E-state index in [0.717, 1.165) is 25.7 Å². The molecule has 0 radical (unpaired) electrons. The molecule has 1 aliphatic carbocycles. The van der Waals surface area contributed by atoms with Gasteiger partial charge in [0.2, 0.25) is 5.78 Å². The Morgan fingerprint density at radius 2 is 1.71 bits per heavy atom. The molecular formula is C12H18F3NO. The molecule has 2 nitrogen and oxygen atoms in total. The lowest BCUT2D eigenvalue weighted by molar-refractivity contribution is -0.169. The molecule has 1 aliphatic rings. The second-order valence-corrected chi connectivity index (χ2v) is 4.61. The van der Waals surface area contributed by atoms with Gasteiger partial charge in [0.05, 0.1) is 6.42 Å². The molecule has 0 aromatic carbocycles. The van der Waals surface area contributed by atoms with E-state index >= 15 is 0 Å². The summed E-state index contributed by atoms with van der Waals surface area (Å²) in [7, 11) is 0. The van der Waals surface area contributed by atoms with Crippen LogP contribution in [0.3, 0.4) is 0 Å². The molecule has 17 heavy (non-hydrogen) atoms. The maximum atomic E-state index is 12.0. The average molecular weight is 249 g/mol. The fraction of sp³-hybridized carbons (Fsp3) is 0.833. The number of aliphatic imine (C=N–C) groups is 1. The molecule has 0 unspecified atom stereocenters. The summed E-state index contributed by atoms with van der Waals surface area (Å²) in [6.45, 7) is 1.51. The third-order valence-electron chi connectivity index (χ3n) is 2.96. The summed E-state index contributed by atoms with van der Waals surface area (Å²) >= 11 is 0. The van der Waals surface area contributed by atoms with E-state index in [1.165, 1.54) is 19.8 Å². The predicted molar refractivity (Wildman–Crippen MR) is 60.3 cm³/mol. The molecule has 0 aromatic heterocycles. The van der Waals surface area contributed by atoms with Crippen molar-refractivity contribution in [2.75, 3.05) is 0 Å². The highest BCUT2D eigenvalue weighted by Gasteiger charge is 2.38. The summed E-state index contributed by atoms with van der Waals surface area (Å²) in [5, 5.41) is 0. The first kappa shape index (κ1) is 14.2. The number of rotatable bonds is 3. The van der Waals surface area contributed by atoms with Gasteiger partial charge in [-0.3, -0.25) is 9.79 Å². The molecule has 0 spiro atoms. The quantitative estimate of drug-likeness (QED) is 0.554. The molecule has 1 rings (SSSR count). The third kappa shape index (κ3) is 5.33. The number of ketones is 1. The maximum absolute atomic E-state index is 12.0. The van der Waals surface area contributed by atoms with Gasteiger partial charge in [0, 0.05) is 11.8 Å². The topological polar surface area (TPSA) is 29.4 Å². The van der Waals surface area contributed by atoms with E-state index in [-0.39, 0.29) is 6.04 Å². The van der Waals surface area contributed by atoms with Gasteiger partial charge in [0.25, 0.3) is 0 Å². The van der Waals surface area contributed by atoms with Crippen molar-refractivity contribution >= 4 is 11.5 Å². The van der Waals surface area contributed by atoms with Gasteiger partial charge in [-0.05, 0) is 19.8 Å². The first-order chi connectivity index (χ1) is 7.89. The summed E-state index contributed by atoms with van der Waals surface area (Å²) in [5.74, 6) is -1.70. The fourth-order valence-corrected chi connectivity index (χ4v) is 2.08. The van der Waals surface area contributed by atoms with Crippen LogP contribution < -0.4 is 0 Å². The number of carbonyl (C=O) groups is 1. The zero-order valence-electron chi connectivity index (χ0n) is 10.0. The zero-order chi connectivity index (χ0) is 12.9. The van der Waals surface area contributed by atoms with Crippen LogP contribution in [0.1, 0.15) is 51.9 Å². The highest BCUT2D eigenvalue weighted by Crippen LogP contribution is 2.21. The van der Waals surface area contributed by atoms with E-state index in [1.807, 2.05) is 0 Å². The van der Waals surface area contributed by atoms with E-state index < -0.39 is 18.4 Å². The van der Waals surface area contributed by atoms with Gasteiger partial charge < -0.3 is 0 Å². The Morgan fingerprint density at radius 1 is 1.18 bits per heavy atom. The molecule has 98 valence electrons. The van der Waals surface area contributed by atoms with Crippen molar-refractivity contribution in [2.45, 2.75) is 64.1 Å². The van der Waals surface area contributed by atoms with Crippen molar-refractivity contribution in [1.29, 1.82) is 0 Å². The summed E-state index contributed by atoms with van der Waals surface area (Å²) in [6.07, 6.45) is 1.03. The lowest BCUT2D eigenvalue weighted by Gasteiger charge is -2.11. The molecule has 0 saturated heterocycles. The van der Waals surface area contributed by atoms with E-state index in [1.54, 1.807) is 0 Å². The van der Waals surface area contributed by atoms with Crippen molar-refractivity contribution in [3.05, 3.63) is 0 Å². The number of halogens is 3. The number of Topliss-reactive ketones (excluding diaryl/α,β-unsaturated/α-hetero) is 1. The van der Waals surface area contributed by atoms with Crippen molar-refractivity contribution < 1.29 is 18.0 Å². The molecule has 0 N–H and O–H groups in total. The van der Waals surface area contributed by atoms with Crippen LogP contribution >= 0.6 is 0 Å². The van der Waals surface area contributed by atoms with Crippen LogP contribution in [0.2, 0.25) is 0 Å². The van der Waals surface area contributed by atoms with Crippen molar-refractivity contribution in [3.63, 3.8) is 0 Å². The number of nitrogens with zero attached hydrogens (tertiary/aromatic N) is 1. The van der Waals surface area contributed by atoms with E-state index in [2.05, 4.69) is 4.99 Å². The van der Waals surface area contributed by atoms with Crippen molar-refractivity contribution in [1.82, 2.24) is 0 Å². The molecular weight excluding hydrogens is 231 g/mol. The Balaban J connectivity index is 2.50. The Labute approximate surface area is 99.3 Å². The standard InChI is InChI=1S/C12H18F3NO/c1-9(8-11(17)12(13,14)15)16-10-6-4-2-3-5-7-10/h10H,2-8H2,1H3. The highest BCUT2D eigenvalue weighted by molar-refractivity contribution is 6.03. The summed E-state index contributed by atoms with van der Waals surface area (Å²) in [6, 6.07) is 0.110. The van der Waals surface area contributed by atoms with Gasteiger partial charge in [-0.15, -0.1) is 0 Å². The summed E-state index contributed by atoms with van der Waals surface area (Å²) in [4.78, 5) is 15.0. The summed E-state index contributed by atoms with van der Waals surface area (Å²) < 4.78 is 36.1. The van der Waals surface area contributed by atoms with Gasteiger partial charge in [0.15, 0.2) is 0 Å². The van der Waals surface area contributed by atoms with Crippen LogP contribution in [-0.2, 0) is 4.79 Å². The molecule has 0 bridgehead atoms. The highest BCUT2D eigenvalue weighted by atomic mass is 19.4. The fourth-order valence-electron chi connectivity index (χ4n) is 2.08. The van der Waals surface area contributed by atoms with Gasteiger partial charge in [-0.1, -0.05) is 25.7 Å². The Bertz CT molecular complexity index is 289. The first-order valence-electron chi connectivity index (χ1n) is 6.03. The minimum Gasteiger partial charge on any atom is -0.291 e. The van der Waals surface area contributed by atoms with Gasteiger partial charge in [-0.2, -0.15) is 13.2 Å². The average Bonchev–Trinajstić information content (AvgIpc) is 2.44. The molecule has 0 atom stereocenters. The van der Waals surface area contributed by atoms with Crippen LogP contribution in [-0.4, -0.2) is 23.7 Å². The number of carbonyl (C=O) groups excluding carboxylic acids is 1. The van der Waals surface area contributed by atoms with Crippen LogP contribution in [0.4, 0.5) is 13.2 Å². The Hall–Kier alpha value is -0.870. The molecule has 0 aromatic rings. The molecule has 1 saturated carbocycles. The summed E-state index contributed by atoms with van der Waals surface area (Å²) in [5.41, 5.74) is 0.305. The maximum Gasteiger partial charge on any atom is 0.450 e. The third-order valence-corrected chi connectivity index (χ3v) is 2.96. The molecule has 5 heteroatoms. The second-order valence-electron chi connectivity index (χ2n) is 4.61. The molecule has 1 fully saturated rings. The SMILES string of the molecule is CC(CC(=O)C(F)(F)F)=NC1CCCCCC1. The molecule has 0 heterocycles. The smallest absolute Gasteiger partial charge is 0.291 e. The van der Waals surface area contributed by atoms with Crippen LogP contribution in [0.25, 0.3) is 0 Å². The number of hydrogen-bond acceptors (Lipinski definition) is 2. The van der Waals surface area contributed by atoms with Crippen LogP contribution in [0.15, 0.2) is 4.99 Å². The van der Waals surface area contributed by atoms with Crippen molar-refractivity contribution in [3.8, 4) is 0 Å². The largest absolute Gasteiger partial charge is 0.450 e. The van der Waals surface area contributed by atoms with E-state index in [9.17, 15) is 18.0 Å². The lowest BCUT2D eigenvalue weighted by atomic mass is 10.1. The first-order valence-corrected chi connectivity index (χ1v) is 6.03. The second kappa shape index (κ2) is 6.17. The molecule has 0 aliphatic heterocycles. The number of alkyl halides is 3. The lowest BCUT2D eigenvalue weighted by Crippen LogP contribution is -2.25. The van der Waals surface area contributed by atoms with Crippen LogP contribution in [0, 0.1) is 0 Å². The van der Waals surface area contributed by atoms with E-state index in [4.69, 9.17) is 0 Å². The van der Waals surface area contributed by atoms with E-state index in [0.29, 0.717) is 5.71 Å². The zero-order valence-corrected chi connectivity index (χ0v) is 10.0. The van der Waals surface area contributed by atoms with Crippen molar-refractivity contribution in [2.24, 2.45) is 4.99 Å². The normalized spacial score (nSPS) is 20.1. The minimum absolute atomic E-state index is 0.110. The van der Waals surface area contributed by atoms with Gasteiger partial charge in [0.1, 0.15) is 0 Å². The van der Waals surface area contributed by atoms with Crippen LogP contribution in [0.5, 0.6) is 0 Å². The van der Waals surface area contributed by atoms with Gasteiger partial charge >= 0.3 is 6.18 Å². The predicted octanol–water partition coefficient (Wildman–Crippen LogP) is 3.69. The Morgan fingerprint density at radius 3 is 2.18 bits per heavy atom.